The predicted molar refractivity (Wildman–Crippen MR) is 59.8 cm³/mol. The van der Waals surface area contributed by atoms with Crippen LogP contribution < -0.4 is 10.6 Å². The van der Waals surface area contributed by atoms with Crippen molar-refractivity contribution in [3.8, 4) is 0 Å². The summed E-state index contributed by atoms with van der Waals surface area (Å²) in [4.78, 5) is 11.3. The van der Waals surface area contributed by atoms with Crippen LogP contribution in [-0.4, -0.2) is 38.8 Å². The summed E-state index contributed by atoms with van der Waals surface area (Å²) in [7, 11) is 1.87. The van der Waals surface area contributed by atoms with Crippen LogP contribution in [0.25, 0.3) is 0 Å². The van der Waals surface area contributed by atoms with E-state index in [1.807, 2.05) is 7.05 Å². The fraction of sp³-hybridized carbons (Fsp3) is 0.909. The van der Waals surface area contributed by atoms with E-state index in [1.54, 1.807) is 0 Å². The molecule has 0 heterocycles. The van der Waals surface area contributed by atoms with Gasteiger partial charge < -0.3 is 15.4 Å². The van der Waals surface area contributed by atoms with Crippen molar-refractivity contribution >= 4 is 5.91 Å². The third kappa shape index (κ3) is 5.74. The van der Waals surface area contributed by atoms with Crippen molar-refractivity contribution in [3.63, 3.8) is 0 Å². The largest absolute Gasteiger partial charge is 0.368 e. The van der Waals surface area contributed by atoms with E-state index in [0.29, 0.717) is 12.6 Å². The first-order valence-corrected chi connectivity index (χ1v) is 5.86. The number of ether oxygens (including phenoxy) is 1. The lowest BCUT2D eigenvalue weighted by molar-refractivity contribution is -0.128. The molecule has 2 N–H and O–H groups in total. The van der Waals surface area contributed by atoms with E-state index in [2.05, 4.69) is 10.6 Å². The summed E-state index contributed by atoms with van der Waals surface area (Å²) >= 11 is 0. The topological polar surface area (TPSA) is 50.4 Å². The molecular formula is C11H22N2O2. The van der Waals surface area contributed by atoms with Crippen molar-refractivity contribution in [2.75, 3.05) is 26.7 Å². The van der Waals surface area contributed by atoms with Crippen LogP contribution in [0.5, 0.6) is 0 Å². The molecule has 1 aliphatic rings. The number of carbonyl (C=O) groups is 1. The number of hydrogen-bond donors (Lipinski definition) is 2. The average Bonchev–Trinajstić information content (AvgIpc) is 2.28. The molecule has 1 aliphatic carbocycles. The Morgan fingerprint density at radius 2 is 2.00 bits per heavy atom. The van der Waals surface area contributed by atoms with Crippen LogP contribution in [0.3, 0.4) is 0 Å². The van der Waals surface area contributed by atoms with Gasteiger partial charge in [0.1, 0.15) is 6.61 Å². The standard InChI is InChI=1S/C11H22N2O2/c1-12-7-8-13-11(14)9-15-10-5-3-2-4-6-10/h10,12H,2-9H2,1H3,(H,13,14). The summed E-state index contributed by atoms with van der Waals surface area (Å²) in [5.74, 6) is -0.00387. The number of hydrogen-bond acceptors (Lipinski definition) is 3. The zero-order chi connectivity index (χ0) is 10.9. The van der Waals surface area contributed by atoms with E-state index in [4.69, 9.17) is 4.74 Å². The minimum Gasteiger partial charge on any atom is -0.368 e. The van der Waals surface area contributed by atoms with Gasteiger partial charge in [-0.15, -0.1) is 0 Å². The van der Waals surface area contributed by atoms with E-state index in [1.165, 1.54) is 19.3 Å². The van der Waals surface area contributed by atoms with Crippen LogP contribution >= 0.6 is 0 Å². The molecule has 1 rings (SSSR count). The van der Waals surface area contributed by atoms with E-state index < -0.39 is 0 Å². The maximum absolute atomic E-state index is 11.3. The minimum absolute atomic E-state index is 0.00387. The van der Waals surface area contributed by atoms with Crippen LogP contribution in [0.15, 0.2) is 0 Å². The molecule has 0 aromatic rings. The molecule has 0 spiro atoms. The van der Waals surface area contributed by atoms with Crippen molar-refractivity contribution in [3.05, 3.63) is 0 Å². The van der Waals surface area contributed by atoms with Gasteiger partial charge in [-0.1, -0.05) is 19.3 Å². The van der Waals surface area contributed by atoms with Crippen molar-refractivity contribution in [1.29, 1.82) is 0 Å². The molecule has 88 valence electrons. The number of rotatable bonds is 6. The maximum atomic E-state index is 11.3. The molecule has 0 aromatic carbocycles. The van der Waals surface area contributed by atoms with Gasteiger partial charge in [-0.3, -0.25) is 4.79 Å². The molecule has 1 fully saturated rings. The third-order valence-corrected chi connectivity index (χ3v) is 2.70. The molecule has 0 bridgehead atoms. The number of carbonyl (C=O) groups excluding carboxylic acids is 1. The second-order valence-electron chi connectivity index (χ2n) is 4.02. The zero-order valence-electron chi connectivity index (χ0n) is 9.55. The summed E-state index contributed by atoms with van der Waals surface area (Å²) in [6.07, 6.45) is 6.34. The highest BCUT2D eigenvalue weighted by molar-refractivity contribution is 5.77. The molecule has 0 aromatic heterocycles. The van der Waals surface area contributed by atoms with Gasteiger partial charge in [-0.05, 0) is 19.9 Å². The average molecular weight is 214 g/mol. The summed E-state index contributed by atoms with van der Waals surface area (Å²) in [5, 5.41) is 5.77. The highest BCUT2D eigenvalue weighted by Crippen LogP contribution is 2.19. The van der Waals surface area contributed by atoms with Gasteiger partial charge in [0.2, 0.25) is 5.91 Å². The van der Waals surface area contributed by atoms with Crippen LogP contribution in [0.1, 0.15) is 32.1 Å². The summed E-state index contributed by atoms with van der Waals surface area (Å²) in [5.41, 5.74) is 0. The SMILES string of the molecule is CNCCNC(=O)COC1CCCCC1. The van der Waals surface area contributed by atoms with Gasteiger partial charge in [-0.25, -0.2) is 0 Å². The number of nitrogens with one attached hydrogen (secondary N) is 2. The molecule has 4 nitrogen and oxygen atoms in total. The smallest absolute Gasteiger partial charge is 0.246 e. The number of likely N-dealkylation sites (N-methyl/N-ethyl adjacent to an activating group) is 1. The Balaban J connectivity index is 2.00. The Morgan fingerprint density at radius 1 is 1.27 bits per heavy atom. The summed E-state index contributed by atoms with van der Waals surface area (Å²) in [6, 6.07) is 0. The molecule has 0 radical (unpaired) electrons. The van der Waals surface area contributed by atoms with Crippen molar-refractivity contribution in [1.82, 2.24) is 10.6 Å². The zero-order valence-corrected chi connectivity index (χ0v) is 9.55. The predicted octanol–water partition coefficient (Wildman–Crippen LogP) is 0.671. The van der Waals surface area contributed by atoms with Gasteiger partial charge in [-0.2, -0.15) is 0 Å². The molecular weight excluding hydrogens is 192 g/mol. The lowest BCUT2D eigenvalue weighted by Crippen LogP contribution is -2.34. The van der Waals surface area contributed by atoms with E-state index in [0.717, 1.165) is 19.4 Å². The molecule has 0 saturated heterocycles. The normalized spacial score (nSPS) is 17.7. The molecule has 1 saturated carbocycles. The fourth-order valence-electron chi connectivity index (χ4n) is 1.80. The van der Waals surface area contributed by atoms with Crippen molar-refractivity contribution in [2.45, 2.75) is 38.2 Å². The Bertz CT molecular complexity index is 179. The van der Waals surface area contributed by atoms with Crippen LogP contribution in [0.2, 0.25) is 0 Å². The summed E-state index contributed by atoms with van der Waals surface area (Å²) < 4.78 is 5.54. The highest BCUT2D eigenvalue weighted by Gasteiger charge is 2.14. The highest BCUT2D eigenvalue weighted by atomic mass is 16.5. The van der Waals surface area contributed by atoms with Gasteiger partial charge in [0.15, 0.2) is 0 Å². The Morgan fingerprint density at radius 3 is 2.67 bits per heavy atom. The van der Waals surface area contributed by atoms with E-state index in [-0.39, 0.29) is 12.5 Å². The van der Waals surface area contributed by atoms with Gasteiger partial charge in [0.25, 0.3) is 0 Å². The molecule has 0 unspecified atom stereocenters. The van der Waals surface area contributed by atoms with Gasteiger partial charge in [0.05, 0.1) is 6.10 Å². The quantitative estimate of drug-likeness (QED) is 0.639. The van der Waals surface area contributed by atoms with Crippen LogP contribution in [0, 0.1) is 0 Å². The van der Waals surface area contributed by atoms with Crippen molar-refractivity contribution in [2.24, 2.45) is 0 Å². The Kier molecular flexibility index (Phi) is 6.36. The number of amides is 1. The van der Waals surface area contributed by atoms with Gasteiger partial charge >= 0.3 is 0 Å². The van der Waals surface area contributed by atoms with Crippen molar-refractivity contribution < 1.29 is 9.53 Å². The summed E-state index contributed by atoms with van der Waals surface area (Å²) in [6.45, 7) is 1.69. The molecule has 0 aliphatic heterocycles. The maximum Gasteiger partial charge on any atom is 0.246 e. The monoisotopic (exact) mass is 214 g/mol. The van der Waals surface area contributed by atoms with E-state index >= 15 is 0 Å². The Hall–Kier alpha value is -0.610. The Labute approximate surface area is 91.8 Å². The lowest BCUT2D eigenvalue weighted by atomic mass is 9.98. The van der Waals surface area contributed by atoms with E-state index in [9.17, 15) is 4.79 Å². The van der Waals surface area contributed by atoms with Crippen LogP contribution in [-0.2, 0) is 9.53 Å². The second kappa shape index (κ2) is 7.65. The molecule has 0 atom stereocenters. The first-order valence-electron chi connectivity index (χ1n) is 5.86. The van der Waals surface area contributed by atoms with Gasteiger partial charge in [0, 0.05) is 13.1 Å². The first kappa shape index (κ1) is 12.5. The third-order valence-electron chi connectivity index (χ3n) is 2.70. The van der Waals surface area contributed by atoms with Crippen LogP contribution in [0.4, 0.5) is 0 Å². The first-order chi connectivity index (χ1) is 7.33. The molecule has 1 amide bonds. The fourth-order valence-corrected chi connectivity index (χ4v) is 1.80. The molecule has 15 heavy (non-hydrogen) atoms. The molecule has 4 heteroatoms. The lowest BCUT2D eigenvalue weighted by Gasteiger charge is -2.21. The second-order valence-corrected chi connectivity index (χ2v) is 4.02. The minimum atomic E-state index is -0.00387.